The molecule has 0 radical (unpaired) electrons. The van der Waals surface area contributed by atoms with Crippen molar-refractivity contribution in [1.82, 2.24) is 5.16 Å². The van der Waals surface area contributed by atoms with Crippen molar-refractivity contribution in [3.8, 4) is 5.75 Å². The lowest BCUT2D eigenvalue weighted by atomic mass is 10.1. The average molecular weight is 232 g/mol. The van der Waals surface area contributed by atoms with Crippen molar-refractivity contribution < 1.29 is 9.26 Å². The van der Waals surface area contributed by atoms with Crippen LogP contribution in [-0.4, -0.2) is 5.16 Å². The van der Waals surface area contributed by atoms with Gasteiger partial charge in [0.2, 0.25) is 0 Å². The molecule has 0 aliphatic rings. The van der Waals surface area contributed by atoms with Crippen LogP contribution in [0.5, 0.6) is 5.75 Å². The van der Waals surface area contributed by atoms with Crippen molar-refractivity contribution >= 4 is 0 Å². The van der Waals surface area contributed by atoms with Gasteiger partial charge < -0.3 is 15.0 Å². The molecule has 2 rings (SSSR count). The molecule has 4 heteroatoms. The Labute approximate surface area is 100 Å². The Balaban J connectivity index is 2.14. The topological polar surface area (TPSA) is 61.3 Å². The monoisotopic (exact) mass is 232 g/mol. The zero-order valence-corrected chi connectivity index (χ0v) is 10.0. The lowest BCUT2D eigenvalue weighted by molar-refractivity contribution is 0.299. The third-order valence-electron chi connectivity index (χ3n) is 2.53. The number of nitrogens with two attached hydrogens (primary N) is 1. The molecule has 0 saturated carbocycles. The fraction of sp³-hybridized carbons (Fsp3) is 0.308. The summed E-state index contributed by atoms with van der Waals surface area (Å²) in [6.45, 7) is 4.42. The number of hydrogen-bond donors (Lipinski definition) is 1. The van der Waals surface area contributed by atoms with Gasteiger partial charge in [-0.05, 0) is 19.9 Å². The zero-order chi connectivity index (χ0) is 12.3. The van der Waals surface area contributed by atoms with E-state index in [-0.39, 0.29) is 6.04 Å². The van der Waals surface area contributed by atoms with Gasteiger partial charge in [0.15, 0.2) is 0 Å². The number of rotatable bonds is 4. The highest BCUT2D eigenvalue weighted by molar-refractivity contribution is 5.38. The van der Waals surface area contributed by atoms with Crippen molar-refractivity contribution in [1.29, 1.82) is 0 Å². The normalized spacial score (nSPS) is 12.4. The second-order valence-corrected chi connectivity index (χ2v) is 4.15. The predicted octanol–water partition coefficient (Wildman–Crippen LogP) is 2.58. The molecule has 0 amide bonds. The number of aromatic nitrogens is 1. The van der Waals surface area contributed by atoms with Crippen LogP contribution >= 0.6 is 0 Å². The molecular formula is C13H16N2O2. The number of benzene rings is 1. The van der Waals surface area contributed by atoms with Crippen LogP contribution in [0.15, 0.2) is 35.2 Å². The maximum absolute atomic E-state index is 5.92. The average Bonchev–Trinajstić information content (AvgIpc) is 2.80. The van der Waals surface area contributed by atoms with E-state index in [1.807, 2.05) is 32.0 Å². The highest BCUT2D eigenvalue weighted by Gasteiger charge is 2.09. The number of aryl methyl sites for hydroxylation is 1. The minimum atomic E-state index is -0.0487. The Hall–Kier alpha value is -1.81. The first kappa shape index (κ1) is 11.7. The van der Waals surface area contributed by atoms with E-state index in [0.29, 0.717) is 6.61 Å². The highest BCUT2D eigenvalue weighted by atomic mass is 16.5. The van der Waals surface area contributed by atoms with E-state index in [1.165, 1.54) is 5.56 Å². The van der Waals surface area contributed by atoms with Gasteiger partial charge >= 0.3 is 0 Å². The van der Waals surface area contributed by atoms with Gasteiger partial charge in [0.1, 0.15) is 18.6 Å². The van der Waals surface area contributed by atoms with E-state index in [1.54, 1.807) is 12.5 Å². The van der Waals surface area contributed by atoms with E-state index >= 15 is 0 Å². The molecule has 0 bridgehead atoms. The van der Waals surface area contributed by atoms with Gasteiger partial charge in [-0.25, -0.2) is 0 Å². The third kappa shape index (κ3) is 2.85. The van der Waals surface area contributed by atoms with E-state index in [9.17, 15) is 0 Å². The fourth-order valence-electron chi connectivity index (χ4n) is 1.61. The molecule has 17 heavy (non-hydrogen) atoms. The van der Waals surface area contributed by atoms with Crippen molar-refractivity contribution in [3.05, 3.63) is 47.3 Å². The van der Waals surface area contributed by atoms with Crippen LogP contribution in [0.25, 0.3) is 0 Å². The summed E-state index contributed by atoms with van der Waals surface area (Å²) in [5.74, 6) is 0.812. The molecule has 2 N–H and O–H groups in total. The van der Waals surface area contributed by atoms with Crippen molar-refractivity contribution in [2.24, 2.45) is 5.73 Å². The largest absolute Gasteiger partial charge is 0.488 e. The molecule has 1 aromatic heterocycles. The van der Waals surface area contributed by atoms with Crippen molar-refractivity contribution in [2.45, 2.75) is 26.5 Å². The third-order valence-corrected chi connectivity index (χ3v) is 2.53. The Kier molecular flexibility index (Phi) is 3.44. The van der Waals surface area contributed by atoms with Gasteiger partial charge in [-0.3, -0.25) is 0 Å². The molecule has 1 heterocycles. The predicted molar refractivity (Wildman–Crippen MR) is 64.6 cm³/mol. The summed E-state index contributed by atoms with van der Waals surface area (Å²) in [7, 11) is 0. The Bertz CT molecular complexity index is 478. The summed E-state index contributed by atoms with van der Waals surface area (Å²) >= 11 is 0. The lowest BCUT2D eigenvalue weighted by Gasteiger charge is -2.14. The molecule has 0 fully saturated rings. The molecule has 0 saturated heterocycles. The summed E-state index contributed by atoms with van der Waals surface area (Å²) in [6, 6.07) is 5.96. The molecule has 0 spiro atoms. The van der Waals surface area contributed by atoms with Crippen molar-refractivity contribution in [2.75, 3.05) is 0 Å². The first-order chi connectivity index (χ1) is 8.16. The molecule has 90 valence electrons. The van der Waals surface area contributed by atoms with Gasteiger partial charge in [0, 0.05) is 17.2 Å². The molecule has 1 aromatic carbocycles. The summed E-state index contributed by atoms with van der Waals surface area (Å²) in [6.07, 6.45) is 3.21. The van der Waals surface area contributed by atoms with E-state index in [0.717, 1.165) is 16.9 Å². The minimum Gasteiger partial charge on any atom is -0.488 e. The zero-order valence-electron chi connectivity index (χ0n) is 10.0. The molecule has 1 atom stereocenters. The van der Waals surface area contributed by atoms with Gasteiger partial charge in [0.05, 0.1) is 6.20 Å². The SMILES string of the molecule is Cc1ccc(OCc2cnoc2)c([C@H](C)N)c1. The molecule has 4 nitrogen and oxygen atoms in total. The first-order valence-electron chi connectivity index (χ1n) is 5.54. The maximum Gasteiger partial charge on any atom is 0.130 e. The molecule has 0 aliphatic carbocycles. The van der Waals surface area contributed by atoms with Crippen LogP contribution in [0, 0.1) is 6.92 Å². The summed E-state index contributed by atoms with van der Waals surface area (Å²) in [5, 5.41) is 3.63. The van der Waals surface area contributed by atoms with Crippen LogP contribution < -0.4 is 10.5 Å². The smallest absolute Gasteiger partial charge is 0.130 e. The van der Waals surface area contributed by atoms with Crippen LogP contribution in [0.2, 0.25) is 0 Å². The number of nitrogens with zero attached hydrogens (tertiary/aromatic N) is 1. The van der Waals surface area contributed by atoms with Crippen LogP contribution in [-0.2, 0) is 6.61 Å². The quantitative estimate of drug-likeness (QED) is 0.880. The highest BCUT2D eigenvalue weighted by Crippen LogP contribution is 2.25. The fourth-order valence-corrected chi connectivity index (χ4v) is 1.61. The van der Waals surface area contributed by atoms with Gasteiger partial charge in [0.25, 0.3) is 0 Å². The first-order valence-corrected chi connectivity index (χ1v) is 5.54. The van der Waals surface area contributed by atoms with Crippen LogP contribution in [0.4, 0.5) is 0 Å². The molecule has 2 aromatic rings. The standard InChI is InChI=1S/C13H16N2O2/c1-9-3-4-13(12(5-9)10(2)14)16-7-11-6-15-17-8-11/h3-6,8,10H,7,14H2,1-2H3/t10-/m0/s1. The number of hydrogen-bond acceptors (Lipinski definition) is 4. The summed E-state index contributed by atoms with van der Waals surface area (Å²) in [5.41, 5.74) is 9.02. The second kappa shape index (κ2) is 5.01. The van der Waals surface area contributed by atoms with E-state index in [2.05, 4.69) is 5.16 Å². The van der Waals surface area contributed by atoms with Gasteiger partial charge in [-0.15, -0.1) is 0 Å². The molecule has 0 aliphatic heterocycles. The Morgan fingerprint density at radius 2 is 2.29 bits per heavy atom. The second-order valence-electron chi connectivity index (χ2n) is 4.15. The number of ether oxygens (including phenoxy) is 1. The maximum atomic E-state index is 5.92. The molecule has 0 unspecified atom stereocenters. The Morgan fingerprint density at radius 3 is 2.94 bits per heavy atom. The van der Waals surface area contributed by atoms with Crippen molar-refractivity contribution in [3.63, 3.8) is 0 Å². The Morgan fingerprint density at radius 1 is 1.47 bits per heavy atom. The minimum absolute atomic E-state index is 0.0487. The lowest BCUT2D eigenvalue weighted by Crippen LogP contribution is -2.08. The summed E-state index contributed by atoms with van der Waals surface area (Å²) in [4.78, 5) is 0. The summed E-state index contributed by atoms with van der Waals surface area (Å²) < 4.78 is 10.5. The van der Waals surface area contributed by atoms with Crippen LogP contribution in [0.1, 0.15) is 29.7 Å². The molecular weight excluding hydrogens is 216 g/mol. The van der Waals surface area contributed by atoms with Gasteiger partial charge in [-0.1, -0.05) is 22.9 Å². The van der Waals surface area contributed by atoms with E-state index < -0.39 is 0 Å². The van der Waals surface area contributed by atoms with Gasteiger partial charge in [-0.2, -0.15) is 0 Å². The van der Waals surface area contributed by atoms with E-state index in [4.69, 9.17) is 15.0 Å². The van der Waals surface area contributed by atoms with Crippen LogP contribution in [0.3, 0.4) is 0 Å².